The molecule has 0 aliphatic carbocycles. The van der Waals surface area contributed by atoms with Gasteiger partial charge < -0.3 is 15.2 Å². The third-order valence-electron chi connectivity index (χ3n) is 2.78. The minimum Gasteiger partial charge on any atom is -0.423 e. The van der Waals surface area contributed by atoms with Gasteiger partial charge in [0.2, 0.25) is 0 Å². The smallest absolute Gasteiger partial charge is 0.423 e. The van der Waals surface area contributed by atoms with Crippen LogP contribution in [0.3, 0.4) is 0 Å². The summed E-state index contributed by atoms with van der Waals surface area (Å²) in [6.45, 7) is 0. The zero-order valence-electron chi connectivity index (χ0n) is 9.79. The summed E-state index contributed by atoms with van der Waals surface area (Å²) < 4.78 is 26.7. The highest BCUT2D eigenvalue weighted by Crippen LogP contribution is 2.24. The quantitative estimate of drug-likeness (QED) is 0.716. The van der Waals surface area contributed by atoms with E-state index >= 15 is 0 Å². The molecule has 0 aliphatic rings. The Balaban J connectivity index is 2.43. The predicted molar refractivity (Wildman–Crippen MR) is 66.7 cm³/mol. The fourth-order valence-corrected chi connectivity index (χ4v) is 1.79. The molecule has 0 aliphatic heterocycles. The molecule has 1 atom stereocenters. The molecule has 2 rings (SSSR count). The summed E-state index contributed by atoms with van der Waals surface area (Å²) in [6.07, 6.45) is -1.38. The molecule has 0 saturated heterocycles. The Bertz CT molecular complexity index is 590. The Hall–Kier alpha value is -1.76. The topological polar surface area (TPSA) is 60.7 Å². The molecule has 0 heterocycles. The van der Waals surface area contributed by atoms with E-state index in [-0.39, 0.29) is 16.6 Å². The molecule has 0 aromatic heterocycles. The van der Waals surface area contributed by atoms with Gasteiger partial charge in [0.25, 0.3) is 0 Å². The molecule has 0 amide bonds. The van der Waals surface area contributed by atoms with Crippen LogP contribution in [0.5, 0.6) is 0 Å². The molecule has 0 spiro atoms. The first-order chi connectivity index (χ1) is 8.99. The van der Waals surface area contributed by atoms with Gasteiger partial charge in [0.05, 0.1) is 0 Å². The molecule has 0 saturated carbocycles. The average molecular weight is 264 g/mol. The second kappa shape index (κ2) is 5.48. The number of halogens is 2. The van der Waals surface area contributed by atoms with E-state index in [1.807, 2.05) is 0 Å². The average Bonchev–Trinajstić information content (AvgIpc) is 2.38. The van der Waals surface area contributed by atoms with Crippen LogP contribution in [0, 0.1) is 11.6 Å². The van der Waals surface area contributed by atoms with Gasteiger partial charge in [-0.2, -0.15) is 0 Å². The second-order valence-corrected chi connectivity index (χ2v) is 4.11. The fourth-order valence-electron chi connectivity index (χ4n) is 1.79. The number of aliphatic hydroxyl groups is 1. The van der Waals surface area contributed by atoms with Gasteiger partial charge >= 0.3 is 7.12 Å². The standard InChI is InChI=1S/C13H11BF2O3/c15-10-3-1-2-8(6-10)13(17)11-7-9(14(18)19)4-5-12(11)16/h1-7,13,17-19H/t13-/m1/s1. The Morgan fingerprint density at radius 2 is 1.74 bits per heavy atom. The van der Waals surface area contributed by atoms with Crippen LogP contribution in [0.25, 0.3) is 0 Å². The van der Waals surface area contributed by atoms with Gasteiger partial charge in [-0.1, -0.05) is 24.3 Å². The molecular weight excluding hydrogens is 253 g/mol. The van der Waals surface area contributed by atoms with Crippen LogP contribution in [0.1, 0.15) is 17.2 Å². The van der Waals surface area contributed by atoms with Crippen molar-refractivity contribution in [3.8, 4) is 0 Å². The maximum Gasteiger partial charge on any atom is 0.488 e. The van der Waals surface area contributed by atoms with Crippen molar-refractivity contribution in [1.82, 2.24) is 0 Å². The number of hydrogen-bond acceptors (Lipinski definition) is 3. The lowest BCUT2D eigenvalue weighted by Crippen LogP contribution is -2.30. The van der Waals surface area contributed by atoms with Gasteiger partial charge in [-0.05, 0) is 29.2 Å². The van der Waals surface area contributed by atoms with E-state index in [4.69, 9.17) is 10.0 Å². The zero-order chi connectivity index (χ0) is 14.0. The summed E-state index contributed by atoms with van der Waals surface area (Å²) in [5, 5.41) is 28.1. The first-order valence-electron chi connectivity index (χ1n) is 5.58. The minimum atomic E-state index is -1.76. The minimum absolute atomic E-state index is 0.0480. The van der Waals surface area contributed by atoms with Crippen molar-refractivity contribution in [2.75, 3.05) is 0 Å². The molecule has 0 bridgehead atoms. The van der Waals surface area contributed by atoms with Gasteiger partial charge in [0, 0.05) is 5.56 Å². The van der Waals surface area contributed by atoms with Crippen LogP contribution in [0.15, 0.2) is 42.5 Å². The monoisotopic (exact) mass is 264 g/mol. The summed E-state index contributed by atoms with van der Waals surface area (Å²) >= 11 is 0. The molecule has 0 unspecified atom stereocenters. The Morgan fingerprint density at radius 3 is 2.37 bits per heavy atom. The first-order valence-corrected chi connectivity index (χ1v) is 5.58. The van der Waals surface area contributed by atoms with Crippen molar-refractivity contribution in [2.24, 2.45) is 0 Å². The molecule has 2 aromatic carbocycles. The van der Waals surface area contributed by atoms with Crippen LogP contribution in [-0.4, -0.2) is 22.3 Å². The molecule has 2 aromatic rings. The normalized spacial score (nSPS) is 12.3. The third kappa shape index (κ3) is 2.98. The van der Waals surface area contributed by atoms with E-state index in [0.717, 1.165) is 18.2 Å². The lowest BCUT2D eigenvalue weighted by Gasteiger charge is -2.14. The summed E-state index contributed by atoms with van der Waals surface area (Å²) in [7, 11) is -1.76. The number of benzene rings is 2. The van der Waals surface area contributed by atoms with Crippen molar-refractivity contribution < 1.29 is 23.9 Å². The van der Waals surface area contributed by atoms with Gasteiger partial charge in [0.1, 0.15) is 17.7 Å². The molecule has 0 radical (unpaired) electrons. The highest BCUT2D eigenvalue weighted by molar-refractivity contribution is 6.58. The number of aliphatic hydroxyl groups excluding tert-OH is 1. The van der Waals surface area contributed by atoms with Crippen LogP contribution >= 0.6 is 0 Å². The van der Waals surface area contributed by atoms with Crippen LogP contribution in [0.2, 0.25) is 0 Å². The Morgan fingerprint density at radius 1 is 1.00 bits per heavy atom. The number of hydrogen-bond donors (Lipinski definition) is 3. The van der Waals surface area contributed by atoms with Crippen LogP contribution in [-0.2, 0) is 0 Å². The molecule has 98 valence electrons. The summed E-state index contributed by atoms with van der Waals surface area (Å²) in [5.41, 5.74) is 0.0894. The predicted octanol–water partition coefficient (Wildman–Crippen LogP) is 0.726. The first kappa shape index (κ1) is 13.7. The van der Waals surface area contributed by atoms with E-state index < -0.39 is 24.9 Å². The van der Waals surface area contributed by atoms with Crippen molar-refractivity contribution >= 4 is 12.6 Å². The second-order valence-electron chi connectivity index (χ2n) is 4.11. The van der Waals surface area contributed by atoms with Crippen LogP contribution < -0.4 is 5.46 Å². The molecular formula is C13H11BF2O3. The van der Waals surface area contributed by atoms with Gasteiger partial charge in [-0.25, -0.2) is 8.78 Å². The Kier molecular flexibility index (Phi) is 3.94. The van der Waals surface area contributed by atoms with Crippen molar-refractivity contribution in [1.29, 1.82) is 0 Å². The molecule has 0 fully saturated rings. The van der Waals surface area contributed by atoms with E-state index in [0.29, 0.717) is 0 Å². The van der Waals surface area contributed by atoms with E-state index in [1.165, 1.54) is 24.3 Å². The Labute approximate surface area is 108 Å². The summed E-state index contributed by atoms with van der Waals surface area (Å²) in [5.74, 6) is -1.25. The fraction of sp³-hybridized carbons (Fsp3) is 0.0769. The van der Waals surface area contributed by atoms with E-state index in [9.17, 15) is 13.9 Å². The zero-order valence-corrected chi connectivity index (χ0v) is 9.79. The molecule has 3 nitrogen and oxygen atoms in total. The molecule has 6 heteroatoms. The lowest BCUT2D eigenvalue weighted by molar-refractivity contribution is 0.214. The maximum absolute atomic E-state index is 13.7. The maximum atomic E-state index is 13.7. The SMILES string of the molecule is OB(O)c1ccc(F)c([C@H](O)c2cccc(F)c2)c1. The van der Waals surface area contributed by atoms with Gasteiger partial charge in [-0.3, -0.25) is 0 Å². The molecule has 19 heavy (non-hydrogen) atoms. The highest BCUT2D eigenvalue weighted by atomic mass is 19.1. The van der Waals surface area contributed by atoms with Gasteiger partial charge in [-0.15, -0.1) is 0 Å². The summed E-state index contributed by atoms with van der Waals surface area (Å²) in [4.78, 5) is 0. The lowest BCUT2D eigenvalue weighted by atomic mass is 9.79. The van der Waals surface area contributed by atoms with Crippen molar-refractivity contribution in [3.63, 3.8) is 0 Å². The number of rotatable bonds is 3. The third-order valence-corrected chi connectivity index (χ3v) is 2.78. The summed E-state index contributed by atoms with van der Waals surface area (Å²) in [6, 6.07) is 8.50. The largest absolute Gasteiger partial charge is 0.488 e. The van der Waals surface area contributed by atoms with Crippen LogP contribution in [0.4, 0.5) is 8.78 Å². The van der Waals surface area contributed by atoms with Gasteiger partial charge in [0.15, 0.2) is 0 Å². The van der Waals surface area contributed by atoms with Crippen molar-refractivity contribution in [2.45, 2.75) is 6.10 Å². The molecule has 3 N–H and O–H groups in total. The van der Waals surface area contributed by atoms with E-state index in [2.05, 4.69) is 0 Å². The highest BCUT2D eigenvalue weighted by Gasteiger charge is 2.19. The van der Waals surface area contributed by atoms with Crippen molar-refractivity contribution in [3.05, 3.63) is 65.2 Å². The van der Waals surface area contributed by atoms with E-state index in [1.54, 1.807) is 0 Å².